The van der Waals surface area contributed by atoms with E-state index < -0.39 is 0 Å². The van der Waals surface area contributed by atoms with Crippen molar-refractivity contribution in [1.29, 1.82) is 0 Å². The zero-order valence-electron chi connectivity index (χ0n) is 25.8. The first-order chi connectivity index (χ1) is 21.2. The second-order valence-corrected chi connectivity index (χ2v) is 12.0. The maximum absolute atomic E-state index is 13.7. The summed E-state index contributed by atoms with van der Waals surface area (Å²) in [5, 5.41) is 3.20. The van der Waals surface area contributed by atoms with Gasteiger partial charge in [0.1, 0.15) is 0 Å². The minimum atomic E-state index is -0.0151. The Morgan fingerprint density at radius 1 is 0.721 bits per heavy atom. The number of carbonyl (C=O) groups is 1. The van der Waals surface area contributed by atoms with Gasteiger partial charge in [0.2, 0.25) is 0 Å². The molecule has 4 aromatic carbocycles. The SMILES string of the molecule is CCCCc1ccc(NC(=O)N(Cc2ccc(-c3ccccc3)cc2)CC2CCN(CCCc3ccccc3)CC2)cc1. The number of nitrogens with one attached hydrogen (secondary N) is 1. The number of aryl methyl sites for hydroxylation is 2. The van der Waals surface area contributed by atoms with E-state index in [2.05, 4.69) is 108 Å². The number of rotatable bonds is 13. The van der Waals surface area contributed by atoms with Crippen molar-refractivity contribution in [2.75, 3.05) is 31.5 Å². The van der Waals surface area contributed by atoms with Gasteiger partial charge >= 0.3 is 6.03 Å². The van der Waals surface area contributed by atoms with Gasteiger partial charge in [0.15, 0.2) is 0 Å². The molecule has 1 saturated heterocycles. The van der Waals surface area contributed by atoms with Crippen molar-refractivity contribution < 1.29 is 4.79 Å². The van der Waals surface area contributed by atoms with Crippen molar-refractivity contribution in [3.05, 3.63) is 126 Å². The molecule has 0 bridgehead atoms. The smallest absolute Gasteiger partial charge is 0.320 e. The number of unbranched alkanes of at least 4 members (excludes halogenated alkanes) is 1. The Bertz CT molecular complexity index is 1360. The van der Waals surface area contributed by atoms with Gasteiger partial charge in [-0.25, -0.2) is 4.79 Å². The number of benzene rings is 4. The van der Waals surface area contributed by atoms with Gasteiger partial charge in [0, 0.05) is 18.8 Å². The molecule has 0 saturated carbocycles. The van der Waals surface area contributed by atoms with Crippen LogP contribution in [0.2, 0.25) is 0 Å². The van der Waals surface area contributed by atoms with E-state index in [0.717, 1.165) is 63.1 Å². The zero-order valence-corrected chi connectivity index (χ0v) is 25.8. The standard InChI is InChI=1S/C39H47N3O/c1-2-3-11-33-19-23-38(24-20-33)40-39(43)42(30-34-17-21-37(22-18-34)36-15-8-5-9-16-36)31-35-25-28-41(29-26-35)27-10-14-32-12-6-4-7-13-32/h4-9,12-13,15-24,35H,2-3,10-11,14,25-31H2,1H3,(H,40,43). The number of carbonyl (C=O) groups excluding carboxylic acids is 1. The minimum absolute atomic E-state index is 0.0151. The van der Waals surface area contributed by atoms with E-state index in [1.807, 2.05) is 23.1 Å². The molecule has 1 aliphatic heterocycles. The van der Waals surface area contributed by atoms with E-state index in [-0.39, 0.29) is 6.03 Å². The Hall–Kier alpha value is -3.89. The summed E-state index contributed by atoms with van der Waals surface area (Å²) in [6, 6.07) is 38.3. The molecule has 0 atom stereocenters. The second kappa shape index (κ2) is 16.1. The maximum Gasteiger partial charge on any atom is 0.322 e. The van der Waals surface area contributed by atoms with Crippen molar-refractivity contribution in [2.24, 2.45) is 5.92 Å². The summed E-state index contributed by atoms with van der Waals surface area (Å²) >= 11 is 0. The molecule has 0 aliphatic carbocycles. The molecule has 4 aromatic rings. The first-order valence-electron chi connectivity index (χ1n) is 16.2. The van der Waals surface area contributed by atoms with Crippen LogP contribution in [0.25, 0.3) is 11.1 Å². The highest BCUT2D eigenvalue weighted by atomic mass is 16.2. The zero-order chi connectivity index (χ0) is 29.7. The molecule has 0 radical (unpaired) electrons. The van der Waals surface area contributed by atoms with Crippen LogP contribution in [0.1, 0.15) is 55.7 Å². The van der Waals surface area contributed by atoms with Gasteiger partial charge in [0.25, 0.3) is 0 Å². The number of hydrogen-bond donors (Lipinski definition) is 1. The van der Waals surface area contributed by atoms with Gasteiger partial charge in [-0.05, 0) is 104 Å². The summed E-state index contributed by atoms with van der Waals surface area (Å²) < 4.78 is 0. The maximum atomic E-state index is 13.7. The summed E-state index contributed by atoms with van der Waals surface area (Å²) in [4.78, 5) is 18.3. The van der Waals surface area contributed by atoms with Crippen LogP contribution in [0.4, 0.5) is 10.5 Å². The lowest BCUT2D eigenvalue weighted by Gasteiger charge is -2.35. The van der Waals surface area contributed by atoms with Gasteiger partial charge in [0.05, 0.1) is 0 Å². The number of nitrogens with zero attached hydrogens (tertiary/aromatic N) is 2. The molecule has 1 N–H and O–H groups in total. The molecule has 0 spiro atoms. The summed E-state index contributed by atoms with van der Waals surface area (Å²) in [5.74, 6) is 0.510. The second-order valence-electron chi connectivity index (χ2n) is 12.0. The quantitative estimate of drug-likeness (QED) is 0.173. The molecule has 224 valence electrons. The Morgan fingerprint density at radius 3 is 1.98 bits per heavy atom. The van der Waals surface area contributed by atoms with Crippen LogP contribution in [0, 0.1) is 5.92 Å². The number of likely N-dealkylation sites (tertiary alicyclic amines) is 1. The number of amides is 2. The molecule has 1 heterocycles. The third-order valence-corrected chi connectivity index (χ3v) is 8.71. The molecule has 1 aliphatic rings. The average molecular weight is 574 g/mol. The Morgan fingerprint density at radius 2 is 1.30 bits per heavy atom. The van der Waals surface area contributed by atoms with E-state index >= 15 is 0 Å². The van der Waals surface area contributed by atoms with Crippen molar-refractivity contribution in [1.82, 2.24) is 9.80 Å². The predicted octanol–water partition coefficient (Wildman–Crippen LogP) is 9.08. The van der Waals surface area contributed by atoms with E-state index in [4.69, 9.17) is 0 Å². The van der Waals surface area contributed by atoms with Crippen molar-refractivity contribution in [3.8, 4) is 11.1 Å². The molecular weight excluding hydrogens is 526 g/mol. The van der Waals surface area contributed by atoms with Crippen LogP contribution < -0.4 is 5.32 Å². The molecule has 5 rings (SSSR count). The highest BCUT2D eigenvalue weighted by molar-refractivity contribution is 5.89. The third-order valence-electron chi connectivity index (χ3n) is 8.71. The monoisotopic (exact) mass is 573 g/mol. The van der Waals surface area contributed by atoms with Gasteiger partial charge < -0.3 is 15.1 Å². The Kier molecular flexibility index (Phi) is 11.4. The van der Waals surface area contributed by atoms with Gasteiger partial charge in [-0.1, -0.05) is 110 Å². The highest BCUT2D eigenvalue weighted by Crippen LogP contribution is 2.23. The fourth-order valence-electron chi connectivity index (χ4n) is 6.07. The molecule has 2 amide bonds. The Balaban J connectivity index is 1.19. The van der Waals surface area contributed by atoms with Gasteiger partial charge in [-0.3, -0.25) is 0 Å². The molecule has 1 fully saturated rings. The number of piperidine rings is 1. The van der Waals surface area contributed by atoms with Crippen LogP contribution in [0.3, 0.4) is 0 Å². The van der Waals surface area contributed by atoms with E-state index in [0.29, 0.717) is 12.5 Å². The number of hydrogen-bond acceptors (Lipinski definition) is 2. The summed E-state index contributed by atoms with van der Waals surface area (Å²) in [6.07, 6.45) is 8.06. The van der Waals surface area contributed by atoms with Crippen molar-refractivity contribution in [2.45, 2.75) is 58.4 Å². The van der Waals surface area contributed by atoms with Crippen LogP contribution in [-0.4, -0.2) is 42.0 Å². The Labute approximate surface area is 258 Å². The largest absolute Gasteiger partial charge is 0.322 e. The third kappa shape index (κ3) is 9.56. The van der Waals surface area contributed by atoms with Crippen molar-refractivity contribution >= 4 is 11.7 Å². The molecule has 0 aromatic heterocycles. The fourth-order valence-corrected chi connectivity index (χ4v) is 6.07. The number of anilines is 1. The highest BCUT2D eigenvalue weighted by Gasteiger charge is 2.24. The molecule has 4 heteroatoms. The first-order valence-corrected chi connectivity index (χ1v) is 16.2. The predicted molar refractivity (Wildman–Crippen MR) is 180 cm³/mol. The van der Waals surface area contributed by atoms with E-state index in [1.54, 1.807) is 0 Å². The summed E-state index contributed by atoms with van der Waals surface area (Å²) in [6.45, 7) is 6.97. The molecular formula is C39H47N3O. The normalized spacial score (nSPS) is 14.0. The first kappa shape index (κ1) is 30.6. The van der Waals surface area contributed by atoms with Crippen molar-refractivity contribution in [3.63, 3.8) is 0 Å². The molecule has 4 nitrogen and oxygen atoms in total. The number of urea groups is 1. The lowest BCUT2D eigenvalue weighted by Crippen LogP contribution is -2.42. The fraction of sp³-hybridized carbons (Fsp3) is 0.359. The lowest BCUT2D eigenvalue weighted by atomic mass is 9.95. The van der Waals surface area contributed by atoms with Crippen LogP contribution in [0.15, 0.2) is 109 Å². The molecule has 0 unspecified atom stereocenters. The van der Waals surface area contributed by atoms with Crippen LogP contribution in [-0.2, 0) is 19.4 Å². The van der Waals surface area contributed by atoms with Crippen LogP contribution in [0.5, 0.6) is 0 Å². The molecule has 43 heavy (non-hydrogen) atoms. The van der Waals surface area contributed by atoms with E-state index in [1.165, 1.54) is 41.5 Å². The summed E-state index contributed by atoms with van der Waals surface area (Å²) in [5.41, 5.74) is 7.17. The van der Waals surface area contributed by atoms with Gasteiger partial charge in [-0.15, -0.1) is 0 Å². The average Bonchev–Trinajstić information content (AvgIpc) is 3.06. The topological polar surface area (TPSA) is 35.6 Å². The minimum Gasteiger partial charge on any atom is -0.320 e. The summed E-state index contributed by atoms with van der Waals surface area (Å²) in [7, 11) is 0. The lowest BCUT2D eigenvalue weighted by molar-refractivity contribution is 0.147. The van der Waals surface area contributed by atoms with E-state index in [9.17, 15) is 4.79 Å². The van der Waals surface area contributed by atoms with Crippen LogP contribution >= 0.6 is 0 Å². The van der Waals surface area contributed by atoms with Gasteiger partial charge in [-0.2, -0.15) is 0 Å².